The minimum Gasteiger partial charge on any atom is -0.354 e. The van der Waals surface area contributed by atoms with Crippen LogP contribution in [0.3, 0.4) is 0 Å². The summed E-state index contributed by atoms with van der Waals surface area (Å²) >= 11 is 0. The minimum atomic E-state index is 0.338. The molecular weight excluding hydrogens is 324 g/mol. The number of rotatable bonds is 5. The molecule has 1 heterocycles. The first-order valence-corrected chi connectivity index (χ1v) is 10.1. The summed E-state index contributed by atoms with van der Waals surface area (Å²) in [6.07, 6.45) is 6.56. The zero-order valence-corrected chi connectivity index (χ0v) is 15.7. The van der Waals surface area contributed by atoms with Crippen LogP contribution in [0.1, 0.15) is 37.7 Å². The van der Waals surface area contributed by atoms with Gasteiger partial charge in [0.25, 0.3) is 0 Å². The van der Waals surface area contributed by atoms with Gasteiger partial charge < -0.3 is 15.5 Å². The predicted octanol–water partition coefficient (Wildman–Crippen LogP) is 2.18. The molecule has 1 aromatic carbocycles. The van der Waals surface area contributed by atoms with Crippen LogP contribution in [0.15, 0.2) is 35.3 Å². The van der Waals surface area contributed by atoms with E-state index in [2.05, 4.69) is 50.9 Å². The van der Waals surface area contributed by atoms with Crippen LogP contribution >= 0.6 is 0 Å². The molecule has 2 saturated carbocycles. The van der Waals surface area contributed by atoms with E-state index in [4.69, 9.17) is 0 Å². The van der Waals surface area contributed by atoms with Crippen molar-refractivity contribution in [3.63, 3.8) is 0 Å². The number of nitrogens with one attached hydrogen (secondary N) is 2. The van der Waals surface area contributed by atoms with Crippen molar-refractivity contribution in [3.8, 4) is 0 Å². The van der Waals surface area contributed by atoms with Gasteiger partial charge in [-0.2, -0.15) is 0 Å². The van der Waals surface area contributed by atoms with E-state index in [-0.39, 0.29) is 0 Å². The monoisotopic (exact) mass is 354 g/mol. The zero-order chi connectivity index (χ0) is 17.9. The van der Waals surface area contributed by atoms with E-state index in [1.54, 1.807) is 0 Å². The predicted molar refractivity (Wildman–Crippen MR) is 104 cm³/mol. The number of benzene rings is 1. The molecular formula is C21H30N4O. The number of carbonyl (C=O) groups excluding carboxylic acids is 1. The molecule has 26 heavy (non-hydrogen) atoms. The Kier molecular flexibility index (Phi) is 5.14. The summed E-state index contributed by atoms with van der Waals surface area (Å²) in [5.74, 6) is 2.34. The highest BCUT2D eigenvalue weighted by Gasteiger charge is 2.38. The number of hydrogen-bond acceptors (Lipinski definition) is 2. The molecule has 3 aliphatic rings. The van der Waals surface area contributed by atoms with Gasteiger partial charge in [0.15, 0.2) is 5.96 Å². The third-order valence-corrected chi connectivity index (χ3v) is 5.88. The number of hydrogen-bond donors (Lipinski definition) is 2. The van der Waals surface area contributed by atoms with E-state index < -0.39 is 0 Å². The number of guanidine groups is 1. The van der Waals surface area contributed by atoms with Gasteiger partial charge >= 0.3 is 0 Å². The number of likely N-dealkylation sites (tertiary alicyclic amines) is 1. The lowest BCUT2D eigenvalue weighted by Gasteiger charge is -2.33. The summed E-state index contributed by atoms with van der Waals surface area (Å²) in [5.41, 5.74) is 1.41. The number of aliphatic imine (C=N–C) groups is 1. The molecule has 0 spiro atoms. The summed E-state index contributed by atoms with van der Waals surface area (Å²) in [7, 11) is 1.84. The maximum absolute atomic E-state index is 12.2. The molecule has 5 nitrogen and oxygen atoms in total. The highest BCUT2D eigenvalue weighted by molar-refractivity contribution is 5.82. The van der Waals surface area contributed by atoms with Gasteiger partial charge in [0.2, 0.25) is 5.91 Å². The van der Waals surface area contributed by atoms with Crippen molar-refractivity contribution in [1.82, 2.24) is 15.5 Å². The lowest BCUT2D eigenvalue weighted by molar-refractivity contribution is -0.133. The van der Waals surface area contributed by atoms with Crippen molar-refractivity contribution in [1.29, 1.82) is 0 Å². The van der Waals surface area contributed by atoms with Gasteiger partial charge in [-0.1, -0.05) is 30.3 Å². The topological polar surface area (TPSA) is 56.7 Å². The van der Waals surface area contributed by atoms with Crippen LogP contribution in [0, 0.1) is 11.8 Å². The Hall–Kier alpha value is -2.04. The van der Waals surface area contributed by atoms with Gasteiger partial charge in [0.1, 0.15) is 0 Å². The molecule has 2 atom stereocenters. The molecule has 0 bridgehead atoms. The molecule has 1 saturated heterocycles. The van der Waals surface area contributed by atoms with Crippen molar-refractivity contribution in [2.75, 3.05) is 20.1 Å². The van der Waals surface area contributed by atoms with Gasteiger partial charge in [0.05, 0.1) is 0 Å². The maximum Gasteiger partial charge on any atom is 0.225 e. The quantitative estimate of drug-likeness (QED) is 0.629. The number of piperidine rings is 1. The van der Waals surface area contributed by atoms with Crippen LogP contribution < -0.4 is 10.6 Å². The van der Waals surface area contributed by atoms with Crippen molar-refractivity contribution in [3.05, 3.63) is 35.9 Å². The maximum atomic E-state index is 12.2. The average molecular weight is 354 g/mol. The molecule has 140 valence electrons. The third kappa shape index (κ3) is 4.37. The Labute approximate surface area is 156 Å². The second-order valence-electron chi connectivity index (χ2n) is 8.03. The standard InChI is InChI=1S/C21H30N4O/c1-22-21(24-19-14-17(19)13-15-5-3-2-4-6-15)23-18-9-11-25(12-10-18)20(26)16-7-8-16/h2-6,16-19H,7-14H2,1H3,(H2,22,23,24). The fourth-order valence-corrected chi connectivity index (χ4v) is 3.94. The summed E-state index contributed by atoms with van der Waals surface area (Å²) in [4.78, 5) is 18.6. The van der Waals surface area contributed by atoms with E-state index >= 15 is 0 Å². The van der Waals surface area contributed by atoms with Crippen LogP contribution in [0.2, 0.25) is 0 Å². The Bertz CT molecular complexity index is 647. The molecule has 2 unspecified atom stereocenters. The summed E-state index contributed by atoms with van der Waals surface area (Å²) in [6, 6.07) is 11.6. The van der Waals surface area contributed by atoms with Crippen LogP contribution in [0.5, 0.6) is 0 Å². The first-order chi connectivity index (χ1) is 12.7. The molecule has 0 radical (unpaired) electrons. The van der Waals surface area contributed by atoms with Crippen LogP contribution in [0.4, 0.5) is 0 Å². The van der Waals surface area contributed by atoms with Gasteiger partial charge in [-0.15, -0.1) is 0 Å². The molecule has 5 heteroatoms. The van der Waals surface area contributed by atoms with Gasteiger partial charge in [-0.3, -0.25) is 9.79 Å². The number of carbonyl (C=O) groups is 1. The van der Waals surface area contributed by atoms with E-state index in [0.717, 1.165) is 51.2 Å². The molecule has 3 fully saturated rings. The van der Waals surface area contributed by atoms with E-state index in [0.29, 0.717) is 29.8 Å². The normalized spacial score (nSPS) is 26.5. The van der Waals surface area contributed by atoms with E-state index in [9.17, 15) is 4.79 Å². The van der Waals surface area contributed by atoms with Crippen LogP contribution in [-0.4, -0.2) is 49.0 Å². The Balaban J connectivity index is 1.19. The lowest BCUT2D eigenvalue weighted by Crippen LogP contribution is -2.50. The first-order valence-electron chi connectivity index (χ1n) is 10.1. The fraction of sp³-hybridized carbons (Fsp3) is 0.619. The first kappa shape index (κ1) is 17.4. The third-order valence-electron chi connectivity index (χ3n) is 5.88. The van der Waals surface area contributed by atoms with Crippen molar-refractivity contribution >= 4 is 11.9 Å². The van der Waals surface area contributed by atoms with Crippen molar-refractivity contribution < 1.29 is 4.79 Å². The fourth-order valence-electron chi connectivity index (χ4n) is 3.94. The zero-order valence-electron chi connectivity index (χ0n) is 15.7. The Morgan fingerprint density at radius 1 is 1.12 bits per heavy atom. The van der Waals surface area contributed by atoms with Gasteiger partial charge in [-0.05, 0) is 50.0 Å². The molecule has 1 amide bonds. The van der Waals surface area contributed by atoms with Crippen LogP contribution in [0.25, 0.3) is 0 Å². The number of amides is 1. The SMILES string of the molecule is CN=C(NC1CCN(C(=O)C2CC2)CC1)NC1CC1Cc1ccccc1. The smallest absolute Gasteiger partial charge is 0.225 e. The highest BCUT2D eigenvalue weighted by atomic mass is 16.2. The molecule has 1 aromatic rings. The van der Waals surface area contributed by atoms with Gasteiger partial charge in [0, 0.05) is 38.1 Å². The molecule has 1 aliphatic heterocycles. The molecule has 4 rings (SSSR count). The lowest BCUT2D eigenvalue weighted by atomic mass is 10.0. The largest absolute Gasteiger partial charge is 0.354 e. The molecule has 2 aliphatic carbocycles. The van der Waals surface area contributed by atoms with Crippen molar-refractivity contribution in [2.24, 2.45) is 16.8 Å². The summed E-state index contributed by atoms with van der Waals surface area (Å²) in [5, 5.41) is 7.15. The molecule has 2 N–H and O–H groups in total. The van der Waals surface area contributed by atoms with Gasteiger partial charge in [-0.25, -0.2) is 0 Å². The van der Waals surface area contributed by atoms with Crippen molar-refractivity contribution in [2.45, 2.75) is 50.6 Å². The van der Waals surface area contributed by atoms with Crippen LogP contribution in [-0.2, 0) is 11.2 Å². The number of nitrogens with zero attached hydrogens (tertiary/aromatic N) is 2. The van der Waals surface area contributed by atoms with E-state index in [1.165, 1.54) is 12.0 Å². The second-order valence-corrected chi connectivity index (χ2v) is 8.03. The summed E-state index contributed by atoms with van der Waals surface area (Å²) in [6.45, 7) is 1.76. The van der Waals surface area contributed by atoms with E-state index in [1.807, 2.05) is 7.05 Å². The Morgan fingerprint density at radius 2 is 1.85 bits per heavy atom. The Morgan fingerprint density at radius 3 is 2.50 bits per heavy atom. The second kappa shape index (κ2) is 7.68. The average Bonchev–Trinajstić information content (AvgIpc) is 3.59. The molecule has 0 aromatic heterocycles. The summed E-state index contributed by atoms with van der Waals surface area (Å²) < 4.78 is 0. The highest BCUT2D eigenvalue weighted by Crippen LogP contribution is 2.34. The minimum absolute atomic E-state index is 0.338.